The molecule has 7 heteroatoms. The Morgan fingerprint density at radius 1 is 1.47 bits per heavy atom. The normalized spacial score (nSPS) is 14.1. The first kappa shape index (κ1) is 14.1. The minimum atomic E-state index is -3.47. The standard InChI is InChI=1S/C10H20N4O2S/c1-4-14(5-2)7-9(3)13-17(15,16)10-6-11-8-12-10/h6,8-9,13H,4-5,7H2,1-3H3,(H,11,12). The molecule has 17 heavy (non-hydrogen) atoms. The van der Waals surface area contributed by atoms with Gasteiger partial charge < -0.3 is 9.88 Å². The van der Waals surface area contributed by atoms with Crippen molar-refractivity contribution in [1.82, 2.24) is 19.6 Å². The molecule has 1 aromatic rings. The number of nitrogens with zero attached hydrogens (tertiary/aromatic N) is 2. The van der Waals surface area contributed by atoms with Crippen LogP contribution in [0.2, 0.25) is 0 Å². The highest BCUT2D eigenvalue weighted by Gasteiger charge is 2.19. The molecule has 0 aliphatic heterocycles. The van der Waals surface area contributed by atoms with E-state index in [2.05, 4.69) is 33.4 Å². The number of nitrogens with one attached hydrogen (secondary N) is 2. The fourth-order valence-corrected chi connectivity index (χ4v) is 2.76. The van der Waals surface area contributed by atoms with Gasteiger partial charge in [0.15, 0.2) is 5.03 Å². The molecule has 1 aromatic heterocycles. The lowest BCUT2D eigenvalue weighted by atomic mass is 10.3. The monoisotopic (exact) mass is 260 g/mol. The molecule has 0 aliphatic rings. The summed E-state index contributed by atoms with van der Waals surface area (Å²) in [6.07, 6.45) is 2.65. The van der Waals surface area contributed by atoms with Crippen molar-refractivity contribution >= 4 is 10.0 Å². The molecule has 1 rings (SSSR count). The average Bonchev–Trinajstić information content (AvgIpc) is 2.79. The molecule has 0 radical (unpaired) electrons. The fourth-order valence-electron chi connectivity index (χ4n) is 1.62. The third-order valence-electron chi connectivity index (χ3n) is 2.55. The molecule has 0 bridgehead atoms. The highest BCUT2D eigenvalue weighted by molar-refractivity contribution is 7.89. The molecule has 0 fully saturated rings. The largest absolute Gasteiger partial charge is 0.335 e. The predicted molar refractivity (Wildman–Crippen MR) is 66.2 cm³/mol. The Kier molecular flexibility index (Phi) is 5.10. The SMILES string of the molecule is CCN(CC)CC(C)NS(=O)(=O)c1cnc[nH]1. The molecular weight excluding hydrogens is 240 g/mol. The van der Waals surface area contributed by atoms with Crippen LogP contribution in [0, 0.1) is 0 Å². The zero-order valence-electron chi connectivity index (χ0n) is 10.5. The van der Waals surface area contributed by atoms with Gasteiger partial charge in [-0.05, 0) is 20.0 Å². The molecule has 0 aromatic carbocycles. The van der Waals surface area contributed by atoms with Crippen LogP contribution in [0.25, 0.3) is 0 Å². The van der Waals surface area contributed by atoms with E-state index in [1.165, 1.54) is 12.5 Å². The smallest absolute Gasteiger partial charge is 0.257 e. The lowest BCUT2D eigenvalue weighted by Gasteiger charge is -2.22. The van der Waals surface area contributed by atoms with E-state index < -0.39 is 10.0 Å². The Bertz CT molecular complexity index is 412. The van der Waals surface area contributed by atoms with E-state index in [4.69, 9.17) is 0 Å². The zero-order chi connectivity index (χ0) is 12.9. The number of sulfonamides is 1. The van der Waals surface area contributed by atoms with Crippen LogP contribution in [-0.4, -0.2) is 49.0 Å². The van der Waals surface area contributed by atoms with Crippen LogP contribution in [0.3, 0.4) is 0 Å². The molecule has 6 nitrogen and oxygen atoms in total. The van der Waals surface area contributed by atoms with Crippen molar-refractivity contribution in [2.45, 2.75) is 31.8 Å². The van der Waals surface area contributed by atoms with E-state index in [9.17, 15) is 8.42 Å². The Morgan fingerprint density at radius 2 is 2.12 bits per heavy atom. The lowest BCUT2D eigenvalue weighted by molar-refractivity contribution is 0.282. The van der Waals surface area contributed by atoms with Gasteiger partial charge in [-0.2, -0.15) is 0 Å². The van der Waals surface area contributed by atoms with Gasteiger partial charge in [-0.15, -0.1) is 0 Å². The Balaban J connectivity index is 2.59. The molecule has 2 N–H and O–H groups in total. The van der Waals surface area contributed by atoms with E-state index >= 15 is 0 Å². The second-order valence-corrected chi connectivity index (χ2v) is 5.61. The topological polar surface area (TPSA) is 78.1 Å². The number of H-pyrrole nitrogens is 1. The number of rotatable bonds is 7. The van der Waals surface area contributed by atoms with Crippen LogP contribution in [0.5, 0.6) is 0 Å². The summed E-state index contributed by atoms with van der Waals surface area (Å²) in [4.78, 5) is 8.46. The Morgan fingerprint density at radius 3 is 2.59 bits per heavy atom. The summed E-state index contributed by atoms with van der Waals surface area (Å²) in [6.45, 7) is 8.48. The first-order chi connectivity index (χ1) is 7.99. The summed E-state index contributed by atoms with van der Waals surface area (Å²) in [5.74, 6) is 0. The van der Waals surface area contributed by atoms with Gasteiger partial charge in [-0.3, -0.25) is 0 Å². The van der Waals surface area contributed by atoms with Gasteiger partial charge in [0.25, 0.3) is 10.0 Å². The van der Waals surface area contributed by atoms with Crippen molar-refractivity contribution in [2.75, 3.05) is 19.6 Å². The van der Waals surface area contributed by atoms with Crippen LogP contribution < -0.4 is 4.72 Å². The van der Waals surface area contributed by atoms with Gasteiger partial charge in [0.2, 0.25) is 0 Å². The molecule has 0 spiro atoms. The Hall–Kier alpha value is -0.920. The number of hydrogen-bond donors (Lipinski definition) is 2. The summed E-state index contributed by atoms with van der Waals surface area (Å²) in [7, 11) is -3.47. The van der Waals surface area contributed by atoms with Gasteiger partial charge in [-0.25, -0.2) is 18.1 Å². The van der Waals surface area contributed by atoms with Crippen LogP contribution >= 0.6 is 0 Å². The molecule has 0 aliphatic carbocycles. The van der Waals surface area contributed by atoms with Gasteiger partial charge in [0.05, 0.1) is 12.5 Å². The molecular formula is C10H20N4O2S. The maximum atomic E-state index is 11.9. The lowest BCUT2D eigenvalue weighted by Crippen LogP contribution is -2.41. The second kappa shape index (κ2) is 6.13. The van der Waals surface area contributed by atoms with E-state index in [0.29, 0.717) is 6.54 Å². The van der Waals surface area contributed by atoms with Crippen molar-refractivity contribution in [3.8, 4) is 0 Å². The van der Waals surface area contributed by atoms with Gasteiger partial charge in [0, 0.05) is 12.6 Å². The first-order valence-corrected chi connectivity index (χ1v) is 7.21. The summed E-state index contributed by atoms with van der Waals surface area (Å²) >= 11 is 0. The quantitative estimate of drug-likeness (QED) is 0.744. The number of aromatic nitrogens is 2. The predicted octanol–water partition coefficient (Wildman–Crippen LogP) is 0.418. The molecule has 0 saturated heterocycles. The number of likely N-dealkylation sites (N-methyl/N-ethyl adjacent to an activating group) is 1. The van der Waals surface area contributed by atoms with Crippen molar-refractivity contribution in [1.29, 1.82) is 0 Å². The summed E-state index contributed by atoms with van der Waals surface area (Å²) in [5.41, 5.74) is 0. The molecule has 0 amide bonds. The molecule has 1 atom stereocenters. The fraction of sp³-hybridized carbons (Fsp3) is 0.700. The van der Waals surface area contributed by atoms with Crippen LogP contribution in [0.15, 0.2) is 17.6 Å². The molecule has 98 valence electrons. The highest BCUT2D eigenvalue weighted by atomic mass is 32.2. The third kappa shape index (κ3) is 4.10. The van der Waals surface area contributed by atoms with Gasteiger partial charge in [-0.1, -0.05) is 13.8 Å². The maximum Gasteiger partial charge on any atom is 0.257 e. The van der Waals surface area contributed by atoms with E-state index in [1.54, 1.807) is 0 Å². The third-order valence-corrected chi connectivity index (χ3v) is 4.06. The average molecular weight is 260 g/mol. The van der Waals surface area contributed by atoms with Crippen molar-refractivity contribution < 1.29 is 8.42 Å². The zero-order valence-corrected chi connectivity index (χ0v) is 11.3. The highest BCUT2D eigenvalue weighted by Crippen LogP contribution is 2.03. The minimum absolute atomic E-state index is 0.101. The number of hydrogen-bond acceptors (Lipinski definition) is 4. The molecule has 1 unspecified atom stereocenters. The van der Waals surface area contributed by atoms with Crippen LogP contribution in [-0.2, 0) is 10.0 Å². The molecule has 1 heterocycles. The minimum Gasteiger partial charge on any atom is -0.335 e. The number of imidazole rings is 1. The second-order valence-electron chi connectivity index (χ2n) is 3.92. The van der Waals surface area contributed by atoms with E-state index in [1.807, 2.05) is 6.92 Å². The Labute approximate surface area is 102 Å². The summed E-state index contributed by atoms with van der Waals surface area (Å²) < 4.78 is 26.3. The van der Waals surface area contributed by atoms with E-state index in [-0.39, 0.29) is 11.1 Å². The molecule has 0 saturated carbocycles. The van der Waals surface area contributed by atoms with Crippen molar-refractivity contribution in [3.05, 3.63) is 12.5 Å². The number of aromatic amines is 1. The van der Waals surface area contributed by atoms with Crippen LogP contribution in [0.4, 0.5) is 0 Å². The first-order valence-electron chi connectivity index (χ1n) is 5.72. The van der Waals surface area contributed by atoms with E-state index in [0.717, 1.165) is 13.1 Å². The summed E-state index contributed by atoms with van der Waals surface area (Å²) in [6, 6.07) is -0.136. The van der Waals surface area contributed by atoms with Crippen molar-refractivity contribution in [2.24, 2.45) is 0 Å². The maximum absolute atomic E-state index is 11.9. The van der Waals surface area contributed by atoms with Gasteiger partial charge in [0.1, 0.15) is 0 Å². The summed E-state index contributed by atoms with van der Waals surface area (Å²) in [5, 5.41) is 0.101. The van der Waals surface area contributed by atoms with Crippen LogP contribution in [0.1, 0.15) is 20.8 Å². The van der Waals surface area contributed by atoms with Crippen molar-refractivity contribution in [3.63, 3.8) is 0 Å². The van der Waals surface area contributed by atoms with Gasteiger partial charge >= 0.3 is 0 Å².